The van der Waals surface area contributed by atoms with Crippen molar-refractivity contribution in [2.75, 3.05) is 38.4 Å². The first kappa shape index (κ1) is 22.9. The number of halogens is 2. The van der Waals surface area contributed by atoms with Crippen molar-refractivity contribution >= 4 is 5.69 Å². The van der Waals surface area contributed by atoms with Crippen LogP contribution in [0.1, 0.15) is 17.5 Å². The highest BCUT2D eigenvalue weighted by Gasteiger charge is 2.34. The van der Waals surface area contributed by atoms with Crippen LogP contribution in [0.2, 0.25) is 0 Å². The van der Waals surface area contributed by atoms with Gasteiger partial charge in [0.25, 0.3) is 0 Å². The molecule has 0 atom stereocenters. The Hall–Kier alpha value is -2.77. The van der Waals surface area contributed by atoms with E-state index in [1.165, 1.54) is 13.2 Å². The van der Waals surface area contributed by atoms with Crippen molar-refractivity contribution in [2.45, 2.75) is 24.8 Å². The highest BCUT2D eigenvalue weighted by Crippen LogP contribution is 2.24. The SMILES string of the molecule is COc1ccc(CN(CCC2OCC(N)(COF)CO2)c2ccc(C#N)cc2)cc1F. The minimum Gasteiger partial charge on any atom is -0.494 e. The molecule has 2 aromatic carbocycles. The molecule has 3 rings (SSSR count). The lowest BCUT2D eigenvalue weighted by Gasteiger charge is -2.36. The Balaban J connectivity index is 1.69. The summed E-state index contributed by atoms with van der Waals surface area (Å²) >= 11 is 0. The minimum atomic E-state index is -1.02. The molecule has 0 bridgehead atoms. The second-order valence-corrected chi connectivity index (χ2v) is 7.51. The number of nitrogens with two attached hydrogens (primary N) is 1. The first-order valence-electron chi connectivity index (χ1n) is 9.79. The molecule has 1 aliphatic rings. The van der Waals surface area contributed by atoms with E-state index in [-0.39, 0.29) is 25.6 Å². The normalized spacial score (nSPS) is 20.8. The first-order chi connectivity index (χ1) is 15.0. The molecule has 2 aromatic rings. The Labute approximate surface area is 179 Å². The van der Waals surface area contributed by atoms with Crippen LogP contribution in [0.4, 0.5) is 14.6 Å². The van der Waals surface area contributed by atoms with Gasteiger partial charge >= 0.3 is 0 Å². The number of ether oxygens (including phenoxy) is 3. The molecule has 9 heteroatoms. The van der Waals surface area contributed by atoms with E-state index in [2.05, 4.69) is 11.0 Å². The largest absolute Gasteiger partial charge is 0.494 e. The summed E-state index contributed by atoms with van der Waals surface area (Å²) in [5.74, 6) is -0.256. The third-order valence-corrected chi connectivity index (χ3v) is 5.04. The number of hydrogen-bond donors (Lipinski definition) is 1. The van der Waals surface area contributed by atoms with Crippen LogP contribution in [0.15, 0.2) is 42.5 Å². The molecule has 1 fully saturated rings. The van der Waals surface area contributed by atoms with Gasteiger partial charge in [-0.05, 0) is 46.5 Å². The number of anilines is 1. The smallest absolute Gasteiger partial charge is 0.165 e. The van der Waals surface area contributed by atoms with Crippen LogP contribution in [-0.4, -0.2) is 45.3 Å². The molecule has 0 amide bonds. The quantitative estimate of drug-likeness (QED) is 0.650. The molecule has 0 radical (unpaired) electrons. The Morgan fingerprint density at radius 3 is 2.52 bits per heavy atom. The van der Waals surface area contributed by atoms with E-state index in [9.17, 15) is 8.92 Å². The van der Waals surface area contributed by atoms with Crippen LogP contribution in [0.25, 0.3) is 0 Å². The average Bonchev–Trinajstić information content (AvgIpc) is 2.78. The number of benzene rings is 2. The molecule has 31 heavy (non-hydrogen) atoms. The van der Waals surface area contributed by atoms with E-state index >= 15 is 0 Å². The Bertz CT molecular complexity index is 897. The standard InChI is InChI=1S/C22H25F2N3O4/c1-28-20-7-4-17(10-19(20)23)12-27(18-5-2-16(11-25)3-6-18)9-8-21-29-13-22(26,14-30-21)15-31-24/h2-7,10,21H,8-9,12-15,26H2,1H3. The zero-order chi connectivity index (χ0) is 22.3. The van der Waals surface area contributed by atoms with Gasteiger partial charge < -0.3 is 24.8 Å². The summed E-state index contributed by atoms with van der Waals surface area (Å²) in [4.78, 5) is 5.66. The summed E-state index contributed by atoms with van der Waals surface area (Å²) in [6.45, 7) is 0.877. The second kappa shape index (κ2) is 10.5. The predicted octanol–water partition coefficient (Wildman–Crippen LogP) is 3.07. The molecular formula is C22H25F2N3O4. The van der Waals surface area contributed by atoms with Crippen LogP contribution < -0.4 is 15.4 Å². The monoisotopic (exact) mass is 433 g/mol. The molecule has 1 aliphatic heterocycles. The Morgan fingerprint density at radius 1 is 1.23 bits per heavy atom. The lowest BCUT2D eigenvalue weighted by Crippen LogP contribution is -2.57. The Morgan fingerprint density at radius 2 is 1.94 bits per heavy atom. The van der Waals surface area contributed by atoms with E-state index < -0.39 is 17.6 Å². The van der Waals surface area contributed by atoms with Gasteiger partial charge in [-0.15, -0.1) is 0 Å². The van der Waals surface area contributed by atoms with E-state index in [0.29, 0.717) is 25.1 Å². The average molecular weight is 433 g/mol. The van der Waals surface area contributed by atoms with Gasteiger partial charge in [-0.1, -0.05) is 6.07 Å². The predicted molar refractivity (Wildman–Crippen MR) is 109 cm³/mol. The van der Waals surface area contributed by atoms with Crippen molar-refractivity contribution in [1.29, 1.82) is 5.26 Å². The zero-order valence-corrected chi connectivity index (χ0v) is 17.2. The molecule has 166 valence electrons. The molecule has 1 heterocycles. The molecule has 0 spiro atoms. The summed E-state index contributed by atoms with van der Waals surface area (Å²) < 4.78 is 42.5. The summed E-state index contributed by atoms with van der Waals surface area (Å²) in [5, 5.41) is 9.04. The van der Waals surface area contributed by atoms with E-state index in [1.54, 1.807) is 24.3 Å². The minimum absolute atomic E-state index is 0.113. The molecule has 0 aliphatic carbocycles. The van der Waals surface area contributed by atoms with Crippen molar-refractivity contribution in [3.8, 4) is 11.8 Å². The molecule has 0 aromatic heterocycles. The number of nitriles is 1. The van der Waals surface area contributed by atoms with Gasteiger partial charge in [0.2, 0.25) is 0 Å². The highest BCUT2D eigenvalue weighted by molar-refractivity contribution is 5.50. The van der Waals surface area contributed by atoms with Crippen LogP contribution in [0, 0.1) is 17.1 Å². The maximum absolute atomic E-state index is 14.1. The second-order valence-electron chi connectivity index (χ2n) is 7.51. The lowest BCUT2D eigenvalue weighted by atomic mass is 10.0. The maximum Gasteiger partial charge on any atom is 0.165 e. The van der Waals surface area contributed by atoms with Gasteiger partial charge in [0.15, 0.2) is 17.9 Å². The van der Waals surface area contributed by atoms with Crippen molar-refractivity contribution in [2.24, 2.45) is 5.73 Å². The third-order valence-electron chi connectivity index (χ3n) is 5.04. The fraction of sp³-hybridized carbons (Fsp3) is 0.409. The number of nitrogens with zero attached hydrogens (tertiary/aromatic N) is 2. The van der Waals surface area contributed by atoms with Gasteiger partial charge in [0.1, 0.15) is 6.61 Å². The molecular weight excluding hydrogens is 408 g/mol. The number of methoxy groups -OCH3 is 1. The first-order valence-corrected chi connectivity index (χ1v) is 9.79. The van der Waals surface area contributed by atoms with Crippen molar-refractivity contribution in [3.05, 3.63) is 59.4 Å². The maximum atomic E-state index is 14.1. The van der Waals surface area contributed by atoms with Crippen molar-refractivity contribution in [3.63, 3.8) is 0 Å². The van der Waals surface area contributed by atoms with E-state index in [0.717, 1.165) is 11.3 Å². The Kier molecular flexibility index (Phi) is 7.76. The number of rotatable bonds is 9. The summed E-state index contributed by atoms with van der Waals surface area (Å²) in [5.41, 5.74) is 7.11. The fourth-order valence-electron chi connectivity index (χ4n) is 3.30. The highest BCUT2D eigenvalue weighted by atomic mass is 19.3. The lowest BCUT2D eigenvalue weighted by molar-refractivity contribution is -0.236. The molecule has 0 saturated carbocycles. The summed E-state index contributed by atoms with van der Waals surface area (Å²) in [6, 6.07) is 14.0. The summed E-state index contributed by atoms with van der Waals surface area (Å²) in [7, 11) is 1.42. The topological polar surface area (TPSA) is 90.0 Å². The van der Waals surface area contributed by atoms with Crippen molar-refractivity contribution < 1.29 is 28.1 Å². The van der Waals surface area contributed by atoms with Gasteiger partial charge in [0, 0.05) is 25.2 Å². The third kappa shape index (κ3) is 6.12. The fourth-order valence-corrected chi connectivity index (χ4v) is 3.30. The zero-order valence-electron chi connectivity index (χ0n) is 17.2. The van der Waals surface area contributed by atoms with Crippen LogP contribution in [0.3, 0.4) is 0 Å². The molecule has 0 unspecified atom stereocenters. The van der Waals surface area contributed by atoms with Gasteiger partial charge in [-0.25, -0.2) is 4.39 Å². The summed E-state index contributed by atoms with van der Waals surface area (Å²) in [6.07, 6.45) is -0.00431. The van der Waals surface area contributed by atoms with Crippen molar-refractivity contribution in [1.82, 2.24) is 0 Å². The molecule has 2 N–H and O–H groups in total. The van der Waals surface area contributed by atoms with Gasteiger partial charge in [-0.3, -0.25) is 0 Å². The molecule has 7 nitrogen and oxygen atoms in total. The van der Waals surface area contributed by atoms with Crippen LogP contribution in [-0.2, 0) is 21.0 Å². The van der Waals surface area contributed by atoms with Gasteiger partial charge in [0.05, 0.1) is 37.5 Å². The van der Waals surface area contributed by atoms with Crippen LogP contribution in [0.5, 0.6) is 5.75 Å². The van der Waals surface area contributed by atoms with E-state index in [4.69, 9.17) is 25.2 Å². The number of hydrogen-bond acceptors (Lipinski definition) is 7. The van der Waals surface area contributed by atoms with Gasteiger partial charge in [-0.2, -0.15) is 10.2 Å². The molecule has 1 saturated heterocycles. The van der Waals surface area contributed by atoms with E-state index in [1.807, 2.05) is 17.0 Å². The van der Waals surface area contributed by atoms with Crippen LogP contribution >= 0.6 is 0 Å².